The van der Waals surface area contributed by atoms with Gasteiger partial charge in [-0.2, -0.15) is 8.78 Å². The first-order valence-corrected chi connectivity index (χ1v) is 6.51. The molecule has 0 aliphatic rings. The van der Waals surface area contributed by atoms with E-state index in [0.29, 0.717) is 5.56 Å². The Bertz CT molecular complexity index is 441. The number of benzene rings is 1. The Morgan fingerprint density at radius 1 is 1.40 bits per heavy atom. The van der Waals surface area contributed by atoms with E-state index < -0.39 is 12.7 Å². The number of ether oxygens (including phenoxy) is 1. The molecule has 0 aliphatic carbocycles. The molecule has 0 spiro atoms. The van der Waals surface area contributed by atoms with Crippen LogP contribution in [-0.2, 0) is 11.3 Å². The first-order chi connectivity index (χ1) is 9.45. The Morgan fingerprint density at radius 3 is 2.65 bits per heavy atom. The van der Waals surface area contributed by atoms with Crippen molar-refractivity contribution in [2.45, 2.75) is 39.5 Å². The summed E-state index contributed by atoms with van der Waals surface area (Å²) in [5.41, 5.74) is 6.27. The molecule has 2 unspecified atom stereocenters. The summed E-state index contributed by atoms with van der Waals surface area (Å²) in [6, 6.07) is 5.72. The molecule has 0 radical (unpaired) electrons. The summed E-state index contributed by atoms with van der Waals surface area (Å²) in [7, 11) is 0. The molecule has 20 heavy (non-hydrogen) atoms. The standard InChI is InChI=1S/C14H20F2N2O2/c1-3-9(2)12(17)13(19)18-8-10-6-4-5-7-11(10)20-14(15)16/h4-7,9,12,14H,3,8,17H2,1-2H3,(H,18,19). The molecule has 0 bridgehead atoms. The zero-order chi connectivity index (χ0) is 15.1. The lowest BCUT2D eigenvalue weighted by Gasteiger charge is -2.18. The lowest BCUT2D eigenvalue weighted by molar-refractivity contribution is -0.123. The largest absolute Gasteiger partial charge is 0.434 e. The highest BCUT2D eigenvalue weighted by molar-refractivity contribution is 5.81. The lowest BCUT2D eigenvalue weighted by Crippen LogP contribution is -2.44. The van der Waals surface area contributed by atoms with Gasteiger partial charge in [0.2, 0.25) is 5.91 Å². The molecule has 1 rings (SSSR count). The van der Waals surface area contributed by atoms with Crippen LogP contribution in [0.5, 0.6) is 5.75 Å². The van der Waals surface area contributed by atoms with Crippen molar-refractivity contribution in [2.75, 3.05) is 0 Å². The van der Waals surface area contributed by atoms with Crippen LogP contribution in [0.25, 0.3) is 0 Å². The summed E-state index contributed by atoms with van der Waals surface area (Å²) in [4.78, 5) is 11.8. The SMILES string of the molecule is CCC(C)C(N)C(=O)NCc1ccccc1OC(F)F. The van der Waals surface area contributed by atoms with Crippen LogP contribution in [0.1, 0.15) is 25.8 Å². The van der Waals surface area contributed by atoms with Crippen LogP contribution in [0.4, 0.5) is 8.78 Å². The van der Waals surface area contributed by atoms with Crippen LogP contribution in [-0.4, -0.2) is 18.6 Å². The average molecular weight is 286 g/mol. The average Bonchev–Trinajstić information content (AvgIpc) is 2.43. The molecule has 2 atom stereocenters. The maximum Gasteiger partial charge on any atom is 0.387 e. The molecule has 1 aromatic carbocycles. The van der Waals surface area contributed by atoms with E-state index in [1.165, 1.54) is 6.07 Å². The number of nitrogens with one attached hydrogen (secondary N) is 1. The summed E-state index contributed by atoms with van der Waals surface area (Å²) in [6.07, 6.45) is 0.791. The number of carbonyl (C=O) groups is 1. The number of alkyl halides is 2. The highest BCUT2D eigenvalue weighted by atomic mass is 19.3. The summed E-state index contributed by atoms with van der Waals surface area (Å²) in [5.74, 6) is -0.186. The second-order valence-electron chi connectivity index (χ2n) is 4.62. The Balaban J connectivity index is 2.63. The zero-order valence-electron chi connectivity index (χ0n) is 11.6. The van der Waals surface area contributed by atoms with Crippen LogP contribution < -0.4 is 15.8 Å². The minimum Gasteiger partial charge on any atom is -0.434 e. The van der Waals surface area contributed by atoms with Crippen molar-refractivity contribution in [3.05, 3.63) is 29.8 Å². The van der Waals surface area contributed by atoms with Gasteiger partial charge in [-0.25, -0.2) is 0 Å². The van der Waals surface area contributed by atoms with Crippen LogP contribution in [0.15, 0.2) is 24.3 Å². The number of nitrogens with two attached hydrogens (primary N) is 1. The van der Waals surface area contributed by atoms with Gasteiger partial charge in [-0.15, -0.1) is 0 Å². The predicted octanol–water partition coefficient (Wildman–Crippen LogP) is 2.28. The number of halogens is 2. The van der Waals surface area contributed by atoms with Gasteiger partial charge < -0.3 is 15.8 Å². The predicted molar refractivity (Wildman–Crippen MR) is 72.4 cm³/mol. The molecule has 1 amide bonds. The van der Waals surface area contributed by atoms with E-state index in [0.717, 1.165) is 6.42 Å². The van der Waals surface area contributed by atoms with Gasteiger partial charge in [-0.05, 0) is 12.0 Å². The molecule has 0 fully saturated rings. The van der Waals surface area contributed by atoms with E-state index in [9.17, 15) is 13.6 Å². The van der Waals surface area contributed by atoms with E-state index in [-0.39, 0.29) is 24.1 Å². The molecule has 0 aliphatic heterocycles. The minimum atomic E-state index is -2.89. The second-order valence-corrected chi connectivity index (χ2v) is 4.62. The molecular formula is C14H20F2N2O2. The maximum atomic E-state index is 12.2. The molecule has 3 N–H and O–H groups in total. The summed E-state index contributed by atoms with van der Waals surface area (Å²) in [6.45, 7) is 1.04. The first kappa shape index (κ1) is 16.4. The van der Waals surface area contributed by atoms with Gasteiger partial charge in [0.15, 0.2) is 0 Å². The highest BCUT2D eigenvalue weighted by Crippen LogP contribution is 2.20. The minimum absolute atomic E-state index is 0.0555. The van der Waals surface area contributed by atoms with E-state index in [1.807, 2.05) is 13.8 Å². The lowest BCUT2D eigenvalue weighted by atomic mass is 9.99. The smallest absolute Gasteiger partial charge is 0.387 e. The third-order valence-electron chi connectivity index (χ3n) is 3.20. The van der Waals surface area contributed by atoms with Gasteiger partial charge >= 0.3 is 6.61 Å². The van der Waals surface area contributed by atoms with Crippen molar-refractivity contribution in [3.8, 4) is 5.75 Å². The molecule has 0 saturated heterocycles. The van der Waals surface area contributed by atoms with E-state index in [2.05, 4.69) is 10.1 Å². The third-order valence-corrected chi connectivity index (χ3v) is 3.20. The van der Waals surface area contributed by atoms with Crippen LogP contribution >= 0.6 is 0 Å². The van der Waals surface area contributed by atoms with Crippen molar-refractivity contribution in [3.63, 3.8) is 0 Å². The zero-order valence-corrected chi connectivity index (χ0v) is 11.6. The van der Waals surface area contributed by atoms with Crippen LogP contribution in [0.2, 0.25) is 0 Å². The molecular weight excluding hydrogens is 266 g/mol. The van der Waals surface area contributed by atoms with E-state index in [4.69, 9.17) is 5.73 Å². The van der Waals surface area contributed by atoms with Gasteiger partial charge in [0.25, 0.3) is 0 Å². The van der Waals surface area contributed by atoms with Crippen molar-refractivity contribution in [2.24, 2.45) is 11.7 Å². The van der Waals surface area contributed by atoms with Gasteiger partial charge in [0, 0.05) is 12.1 Å². The van der Waals surface area contributed by atoms with Gasteiger partial charge in [-0.1, -0.05) is 38.5 Å². The second kappa shape index (κ2) is 7.79. The van der Waals surface area contributed by atoms with Gasteiger partial charge in [-0.3, -0.25) is 4.79 Å². The van der Waals surface area contributed by atoms with Gasteiger partial charge in [0.1, 0.15) is 5.75 Å². The fourth-order valence-electron chi connectivity index (χ4n) is 1.67. The quantitative estimate of drug-likeness (QED) is 0.808. The molecule has 4 nitrogen and oxygen atoms in total. The highest BCUT2D eigenvalue weighted by Gasteiger charge is 2.19. The number of hydrogen-bond donors (Lipinski definition) is 2. The Kier molecular flexibility index (Phi) is 6.38. The fraction of sp³-hybridized carbons (Fsp3) is 0.500. The van der Waals surface area contributed by atoms with Crippen molar-refractivity contribution < 1.29 is 18.3 Å². The molecule has 1 aromatic rings. The molecule has 112 valence electrons. The molecule has 0 aromatic heterocycles. The maximum absolute atomic E-state index is 12.2. The Labute approximate surface area is 117 Å². The molecule has 0 saturated carbocycles. The number of rotatable bonds is 7. The number of hydrogen-bond acceptors (Lipinski definition) is 3. The van der Waals surface area contributed by atoms with Gasteiger partial charge in [0.05, 0.1) is 6.04 Å². The van der Waals surface area contributed by atoms with E-state index in [1.54, 1.807) is 18.2 Å². The number of amides is 1. The van der Waals surface area contributed by atoms with Crippen LogP contribution in [0, 0.1) is 5.92 Å². The number of carbonyl (C=O) groups excluding carboxylic acids is 1. The number of para-hydroxylation sites is 1. The monoisotopic (exact) mass is 286 g/mol. The normalized spacial score (nSPS) is 13.9. The first-order valence-electron chi connectivity index (χ1n) is 6.51. The van der Waals surface area contributed by atoms with E-state index >= 15 is 0 Å². The third kappa shape index (κ3) is 4.77. The summed E-state index contributed by atoms with van der Waals surface area (Å²) >= 11 is 0. The van der Waals surface area contributed by atoms with Crippen LogP contribution in [0.3, 0.4) is 0 Å². The Morgan fingerprint density at radius 2 is 2.05 bits per heavy atom. The Hall–Kier alpha value is -1.69. The topological polar surface area (TPSA) is 64.4 Å². The van der Waals surface area contributed by atoms with Crippen molar-refractivity contribution >= 4 is 5.91 Å². The molecule has 0 heterocycles. The molecule has 6 heteroatoms. The van der Waals surface area contributed by atoms with Crippen molar-refractivity contribution in [1.82, 2.24) is 5.32 Å². The summed E-state index contributed by atoms with van der Waals surface area (Å²) < 4.78 is 28.9. The van der Waals surface area contributed by atoms with Crippen molar-refractivity contribution in [1.29, 1.82) is 0 Å². The summed E-state index contributed by atoms with van der Waals surface area (Å²) in [5, 5.41) is 2.64. The fourth-order valence-corrected chi connectivity index (χ4v) is 1.67.